The summed E-state index contributed by atoms with van der Waals surface area (Å²) in [5.74, 6) is 0. The van der Waals surface area contributed by atoms with Crippen molar-refractivity contribution in [2.45, 2.75) is 84.0 Å². The molecule has 2 aromatic carbocycles. The molecule has 3 nitrogen and oxygen atoms in total. The molecule has 0 aliphatic carbocycles. The van der Waals surface area contributed by atoms with Crippen molar-refractivity contribution in [1.82, 2.24) is 0 Å². The standard InChI is InChI=1S/C28H42BrN3S/c1-5-9-17-31(18-10-6-2)23-13-15-25-27(21-23)33(29)28-22-24(14-16-26(28)30-25)32(19-11-7-3)20-12-8-4/h13-16,21-22H,5-12,17-20H2,1-4H3. The van der Waals surface area contributed by atoms with E-state index in [1.807, 2.05) is 0 Å². The largest absolute Gasteiger partial charge is 0.372 e. The zero-order chi connectivity index (χ0) is 23.6. The maximum Gasteiger partial charge on any atom is 0.0778 e. The molecule has 0 spiro atoms. The predicted octanol–water partition coefficient (Wildman–Crippen LogP) is 8.65. The van der Waals surface area contributed by atoms with Crippen LogP contribution in [0.15, 0.2) is 46.3 Å². The molecule has 182 valence electrons. The van der Waals surface area contributed by atoms with Gasteiger partial charge >= 0.3 is 0 Å². The van der Waals surface area contributed by atoms with Gasteiger partial charge in [0.25, 0.3) is 0 Å². The maximum atomic E-state index is 5.05. The molecule has 2 aromatic rings. The Morgan fingerprint density at radius 1 is 0.697 bits per heavy atom. The molecule has 0 saturated carbocycles. The fraction of sp³-hybridized carbons (Fsp3) is 0.571. The van der Waals surface area contributed by atoms with E-state index in [4.69, 9.17) is 4.99 Å². The lowest BCUT2D eigenvalue weighted by molar-refractivity contribution is 0.677. The van der Waals surface area contributed by atoms with Crippen LogP contribution in [0.3, 0.4) is 0 Å². The summed E-state index contributed by atoms with van der Waals surface area (Å²) in [6.07, 6.45) is 9.88. The van der Waals surface area contributed by atoms with Crippen molar-refractivity contribution in [3.8, 4) is 0 Å². The van der Waals surface area contributed by atoms with E-state index in [1.54, 1.807) is 0 Å². The second-order valence-corrected chi connectivity index (χ2v) is 12.4. The Balaban J connectivity index is 1.98. The Kier molecular flexibility index (Phi) is 10.8. The minimum atomic E-state index is -0.151. The van der Waals surface area contributed by atoms with Gasteiger partial charge in [0.15, 0.2) is 0 Å². The molecule has 5 heteroatoms. The quantitative estimate of drug-likeness (QED) is 0.227. The van der Waals surface area contributed by atoms with Crippen molar-refractivity contribution in [1.29, 1.82) is 0 Å². The Hall–Kier alpha value is -1.33. The fourth-order valence-corrected chi connectivity index (χ4v) is 7.09. The molecule has 1 atom stereocenters. The van der Waals surface area contributed by atoms with E-state index >= 15 is 0 Å². The Bertz CT molecular complexity index is 1000. The minimum Gasteiger partial charge on any atom is -0.372 e. The van der Waals surface area contributed by atoms with Crippen LogP contribution in [0, 0.1) is 4.51 Å². The molecule has 33 heavy (non-hydrogen) atoms. The number of hydrogen-bond acceptors (Lipinski definition) is 3. The van der Waals surface area contributed by atoms with Crippen LogP contribution in [0.1, 0.15) is 79.1 Å². The number of halogens is 1. The van der Waals surface area contributed by atoms with Gasteiger partial charge < -0.3 is 9.80 Å². The molecule has 0 fully saturated rings. The Morgan fingerprint density at radius 3 is 1.70 bits per heavy atom. The van der Waals surface area contributed by atoms with Crippen LogP contribution in [0.25, 0.3) is 0 Å². The van der Waals surface area contributed by atoms with Crippen molar-refractivity contribution in [3.05, 3.63) is 46.3 Å². The molecule has 0 aromatic heterocycles. The molecule has 0 amide bonds. The van der Waals surface area contributed by atoms with Gasteiger partial charge in [0, 0.05) is 47.0 Å². The Morgan fingerprint density at radius 2 is 1.18 bits per heavy atom. The molecule has 0 saturated heterocycles. The summed E-state index contributed by atoms with van der Waals surface area (Å²) < 4.78 is 1.32. The van der Waals surface area contributed by atoms with Crippen LogP contribution < -0.4 is 15.2 Å². The number of unbranched alkanes of at least 4 members (excludes halogenated alkanes) is 4. The van der Waals surface area contributed by atoms with Crippen molar-refractivity contribution >= 4 is 40.8 Å². The topological polar surface area (TPSA) is 18.8 Å². The SMILES string of the molecule is CCCCN(CCCC)c1ccc2c(c1)S(Br)=c1cc(N(CCCC)CCCC)ccc1=N2. The average Bonchev–Trinajstić information content (AvgIpc) is 2.84. The molecule has 1 unspecified atom stereocenters. The number of anilines is 2. The summed E-state index contributed by atoms with van der Waals surface area (Å²) in [6, 6.07) is 13.8. The summed E-state index contributed by atoms with van der Waals surface area (Å²) in [5, 5.41) is 1.11. The first-order chi connectivity index (χ1) is 16.1. The molecule has 1 aliphatic heterocycles. The van der Waals surface area contributed by atoms with E-state index in [2.05, 4.69) is 88.7 Å². The second kappa shape index (κ2) is 13.5. The smallest absolute Gasteiger partial charge is 0.0778 e. The van der Waals surface area contributed by atoms with Gasteiger partial charge in [-0.3, -0.25) is 0 Å². The zero-order valence-electron chi connectivity index (χ0n) is 21.1. The van der Waals surface area contributed by atoms with Crippen molar-refractivity contribution in [2.24, 2.45) is 4.99 Å². The predicted molar refractivity (Wildman–Crippen MR) is 151 cm³/mol. The van der Waals surface area contributed by atoms with Crippen LogP contribution in [-0.4, -0.2) is 26.2 Å². The van der Waals surface area contributed by atoms with E-state index in [0.29, 0.717) is 0 Å². The monoisotopic (exact) mass is 531 g/mol. The van der Waals surface area contributed by atoms with Crippen LogP contribution in [0.4, 0.5) is 17.1 Å². The minimum absolute atomic E-state index is 0.151. The lowest BCUT2D eigenvalue weighted by Crippen LogP contribution is -2.26. The molecule has 0 bridgehead atoms. The third-order valence-electron chi connectivity index (χ3n) is 6.37. The highest BCUT2D eigenvalue weighted by Crippen LogP contribution is 2.45. The highest BCUT2D eigenvalue weighted by molar-refractivity contribution is 9.52. The van der Waals surface area contributed by atoms with E-state index in [1.165, 1.54) is 72.1 Å². The van der Waals surface area contributed by atoms with Crippen molar-refractivity contribution < 1.29 is 0 Å². The number of fused-ring (bicyclic) bond motifs is 2. The number of hydrogen-bond donors (Lipinski definition) is 0. The lowest BCUT2D eigenvalue weighted by Gasteiger charge is -2.26. The van der Waals surface area contributed by atoms with Gasteiger partial charge in [0.05, 0.1) is 11.0 Å². The molecule has 1 aliphatic rings. The number of nitrogens with zero attached hydrogens (tertiary/aromatic N) is 3. The normalized spacial score (nSPS) is 14.4. The van der Waals surface area contributed by atoms with Crippen molar-refractivity contribution in [3.63, 3.8) is 0 Å². The van der Waals surface area contributed by atoms with Crippen LogP contribution >= 0.6 is 23.7 Å². The first kappa shape index (κ1) is 26.3. The van der Waals surface area contributed by atoms with E-state index in [9.17, 15) is 0 Å². The molecular weight excluding hydrogens is 490 g/mol. The molecule has 1 heterocycles. The summed E-state index contributed by atoms with van der Waals surface area (Å²) in [5.41, 5.74) is 3.80. The van der Waals surface area contributed by atoms with Crippen LogP contribution in [0.2, 0.25) is 0 Å². The van der Waals surface area contributed by atoms with E-state index < -0.39 is 0 Å². The lowest BCUT2D eigenvalue weighted by atomic mass is 10.2. The average molecular weight is 533 g/mol. The van der Waals surface area contributed by atoms with Gasteiger partial charge in [-0.25, -0.2) is 4.99 Å². The molecular formula is C28H42BrN3S. The summed E-state index contributed by atoms with van der Waals surface area (Å²) in [6.45, 7) is 13.6. The number of rotatable bonds is 14. The summed E-state index contributed by atoms with van der Waals surface area (Å²) >= 11 is 4.09. The molecule has 0 N–H and O–H groups in total. The fourth-order valence-electron chi connectivity index (χ4n) is 4.25. The zero-order valence-corrected chi connectivity index (χ0v) is 23.5. The van der Waals surface area contributed by atoms with Gasteiger partial charge in [0.1, 0.15) is 0 Å². The van der Waals surface area contributed by atoms with E-state index in [-0.39, 0.29) is 8.92 Å². The Labute approximate surface area is 211 Å². The second-order valence-electron chi connectivity index (χ2n) is 9.06. The van der Waals surface area contributed by atoms with Crippen molar-refractivity contribution in [2.75, 3.05) is 36.0 Å². The summed E-state index contributed by atoms with van der Waals surface area (Å²) in [7, 11) is -0.151. The maximum absolute atomic E-state index is 5.05. The van der Waals surface area contributed by atoms with Crippen LogP contribution in [0.5, 0.6) is 0 Å². The van der Waals surface area contributed by atoms with Gasteiger partial charge in [-0.1, -0.05) is 62.3 Å². The van der Waals surface area contributed by atoms with Gasteiger partial charge in [0.2, 0.25) is 0 Å². The summed E-state index contributed by atoms with van der Waals surface area (Å²) in [4.78, 5) is 11.5. The highest BCUT2D eigenvalue weighted by atomic mass is 79.9. The molecule has 3 rings (SSSR count). The number of benzene rings is 2. The third kappa shape index (κ3) is 6.85. The first-order valence-electron chi connectivity index (χ1n) is 13.0. The highest BCUT2D eigenvalue weighted by Gasteiger charge is 2.16. The third-order valence-corrected chi connectivity index (χ3v) is 9.89. The van der Waals surface area contributed by atoms with Gasteiger partial charge in [-0.2, -0.15) is 0 Å². The van der Waals surface area contributed by atoms with Gasteiger partial charge in [-0.15, -0.1) is 0 Å². The molecule has 0 radical (unpaired) electrons. The first-order valence-corrected chi connectivity index (χ1v) is 16.1. The van der Waals surface area contributed by atoms with E-state index in [0.717, 1.165) is 37.2 Å². The van der Waals surface area contributed by atoms with Crippen LogP contribution in [-0.2, 0) is 0 Å². The van der Waals surface area contributed by atoms with Gasteiger partial charge in [-0.05, 0) is 76.9 Å².